The van der Waals surface area contributed by atoms with Gasteiger partial charge in [-0.15, -0.1) is 0 Å². The molecule has 1 aromatic rings. The monoisotopic (exact) mass is 274 g/mol. The van der Waals surface area contributed by atoms with Crippen LogP contribution in [0.15, 0.2) is 0 Å². The van der Waals surface area contributed by atoms with Crippen LogP contribution >= 0.6 is 0 Å². The van der Waals surface area contributed by atoms with Gasteiger partial charge in [0.2, 0.25) is 0 Å². The molecule has 0 radical (unpaired) electrons. The average molecular weight is 274 g/mol. The molecular formula is C16H26N4. The van der Waals surface area contributed by atoms with Crippen molar-refractivity contribution in [2.75, 3.05) is 30.9 Å². The number of fused-ring (bicyclic) bond motifs is 2. The van der Waals surface area contributed by atoms with Crippen molar-refractivity contribution in [3.63, 3.8) is 0 Å². The first-order valence-corrected chi connectivity index (χ1v) is 7.82. The SMILES string of the molecule is CNc1nc(C)nc(N(C)CC2CC3CCC2C3)c1C. The number of hydrogen-bond donors (Lipinski definition) is 1. The van der Waals surface area contributed by atoms with E-state index in [0.717, 1.165) is 47.3 Å². The van der Waals surface area contributed by atoms with Crippen molar-refractivity contribution >= 4 is 11.6 Å². The molecule has 20 heavy (non-hydrogen) atoms. The summed E-state index contributed by atoms with van der Waals surface area (Å²) >= 11 is 0. The van der Waals surface area contributed by atoms with Gasteiger partial charge in [-0.05, 0) is 50.9 Å². The minimum absolute atomic E-state index is 0.842. The highest BCUT2D eigenvalue weighted by atomic mass is 15.2. The third-order valence-electron chi connectivity index (χ3n) is 5.22. The van der Waals surface area contributed by atoms with Crippen LogP contribution in [0.4, 0.5) is 11.6 Å². The van der Waals surface area contributed by atoms with Crippen LogP contribution in [-0.4, -0.2) is 30.6 Å². The van der Waals surface area contributed by atoms with E-state index in [1.54, 1.807) is 0 Å². The summed E-state index contributed by atoms with van der Waals surface area (Å²) in [6, 6.07) is 0. The summed E-state index contributed by atoms with van der Waals surface area (Å²) in [7, 11) is 4.11. The number of anilines is 2. The van der Waals surface area contributed by atoms with Crippen LogP contribution in [0.5, 0.6) is 0 Å². The van der Waals surface area contributed by atoms with Gasteiger partial charge in [-0.25, -0.2) is 9.97 Å². The molecule has 0 saturated heterocycles. The number of nitrogens with zero attached hydrogens (tertiary/aromatic N) is 3. The largest absolute Gasteiger partial charge is 0.373 e. The van der Waals surface area contributed by atoms with Crippen molar-refractivity contribution in [2.24, 2.45) is 17.8 Å². The second kappa shape index (κ2) is 5.23. The zero-order valence-electron chi connectivity index (χ0n) is 13.1. The molecule has 3 atom stereocenters. The van der Waals surface area contributed by atoms with Crippen LogP contribution < -0.4 is 10.2 Å². The van der Waals surface area contributed by atoms with Crippen LogP contribution in [0.1, 0.15) is 37.1 Å². The highest BCUT2D eigenvalue weighted by Gasteiger charge is 2.39. The molecule has 2 aliphatic rings. The van der Waals surface area contributed by atoms with Gasteiger partial charge in [-0.3, -0.25) is 0 Å². The molecule has 4 nitrogen and oxygen atoms in total. The average Bonchev–Trinajstić information content (AvgIpc) is 3.03. The minimum Gasteiger partial charge on any atom is -0.373 e. The molecule has 2 saturated carbocycles. The third-order valence-corrected chi connectivity index (χ3v) is 5.22. The molecule has 1 aromatic heterocycles. The van der Waals surface area contributed by atoms with Gasteiger partial charge in [-0.1, -0.05) is 6.42 Å². The molecule has 110 valence electrons. The Morgan fingerprint density at radius 1 is 1.20 bits per heavy atom. The van der Waals surface area contributed by atoms with E-state index in [-0.39, 0.29) is 0 Å². The third kappa shape index (κ3) is 2.36. The second-order valence-electron chi connectivity index (χ2n) is 6.63. The Kier molecular flexibility index (Phi) is 3.57. The van der Waals surface area contributed by atoms with Crippen molar-refractivity contribution < 1.29 is 0 Å². The first kappa shape index (κ1) is 13.7. The molecule has 0 aromatic carbocycles. The van der Waals surface area contributed by atoms with E-state index in [2.05, 4.69) is 34.2 Å². The highest BCUT2D eigenvalue weighted by molar-refractivity contribution is 5.58. The summed E-state index contributed by atoms with van der Waals surface area (Å²) in [5.74, 6) is 5.73. The van der Waals surface area contributed by atoms with Crippen LogP contribution in [0.3, 0.4) is 0 Å². The fourth-order valence-corrected chi connectivity index (χ4v) is 4.27. The number of aryl methyl sites for hydroxylation is 1. The molecule has 3 unspecified atom stereocenters. The molecule has 0 spiro atoms. The van der Waals surface area contributed by atoms with Gasteiger partial charge in [0.25, 0.3) is 0 Å². The van der Waals surface area contributed by atoms with Gasteiger partial charge < -0.3 is 10.2 Å². The predicted octanol–water partition coefficient (Wildman–Crippen LogP) is 3.01. The van der Waals surface area contributed by atoms with Crippen LogP contribution in [-0.2, 0) is 0 Å². The molecule has 2 aliphatic carbocycles. The Balaban J connectivity index is 1.77. The van der Waals surface area contributed by atoms with E-state index in [4.69, 9.17) is 0 Å². The number of nitrogens with one attached hydrogen (secondary N) is 1. The number of hydrogen-bond acceptors (Lipinski definition) is 4. The molecule has 4 heteroatoms. The fourth-order valence-electron chi connectivity index (χ4n) is 4.27. The van der Waals surface area contributed by atoms with Crippen molar-refractivity contribution in [2.45, 2.75) is 39.5 Å². The maximum Gasteiger partial charge on any atom is 0.137 e. The Morgan fingerprint density at radius 2 is 2.00 bits per heavy atom. The van der Waals surface area contributed by atoms with Crippen molar-refractivity contribution in [1.29, 1.82) is 0 Å². The summed E-state index contributed by atoms with van der Waals surface area (Å²) < 4.78 is 0. The Labute approximate surface area is 122 Å². The molecule has 2 bridgehead atoms. The summed E-state index contributed by atoms with van der Waals surface area (Å²) in [6.07, 6.45) is 5.83. The molecule has 2 fully saturated rings. The fraction of sp³-hybridized carbons (Fsp3) is 0.750. The van der Waals surface area contributed by atoms with E-state index < -0.39 is 0 Å². The van der Waals surface area contributed by atoms with Crippen molar-refractivity contribution in [3.05, 3.63) is 11.4 Å². The Hall–Kier alpha value is -1.32. The summed E-state index contributed by atoms with van der Waals surface area (Å²) in [6.45, 7) is 5.22. The van der Waals surface area contributed by atoms with Gasteiger partial charge in [-0.2, -0.15) is 0 Å². The van der Waals surface area contributed by atoms with Crippen molar-refractivity contribution in [3.8, 4) is 0 Å². The van der Waals surface area contributed by atoms with Gasteiger partial charge in [0.15, 0.2) is 0 Å². The summed E-state index contributed by atoms with van der Waals surface area (Å²) in [4.78, 5) is 11.5. The smallest absolute Gasteiger partial charge is 0.137 e. The topological polar surface area (TPSA) is 41.1 Å². The molecular weight excluding hydrogens is 248 g/mol. The van der Waals surface area contributed by atoms with Gasteiger partial charge in [0, 0.05) is 26.2 Å². The molecule has 0 aliphatic heterocycles. The molecule has 1 heterocycles. The minimum atomic E-state index is 0.842. The lowest BCUT2D eigenvalue weighted by Crippen LogP contribution is -2.30. The maximum atomic E-state index is 4.66. The van der Waals surface area contributed by atoms with Gasteiger partial charge >= 0.3 is 0 Å². The quantitative estimate of drug-likeness (QED) is 0.916. The van der Waals surface area contributed by atoms with Gasteiger partial charge in [0.05, 0.1) is 0 Å². The summed E-state index contributed by atoms with van der Waals surface area (Å²) in [5, 5.41) is 3.17. The lowest BCUT2D eigenvalue weighted by Gasteiger charge is -2.29. The molecule has 3 rings (SSSR count). The first-order valence-electron chi connectivity index (χ1n) is 7.82. The zero-order valence-corrected chi connectivity index (χ0v) is 13.1. The Morgan fingerprint density at radius 3 is 2.60 bits per heavy atom. The van der Waals surface area contributed by atoms with Crippen LogP contribution in [0.25, 0.3) is 0 Å². The number of aromatic nitrogens is 2. The predicted molar refractivity (Wildman–Crippen MR) is 83.3 cm³/mol. The van der Waals surface area contributed by atoms with E-state index in [9.17, 15) is 0 Å². The van der Waals surface area contributed by atoms with Crippen molar-refractivity contribution in [1.82, 2.24) is 9.97 Å². The summed E-state index contributed by atoms with van der Waals surface area (Å²) in [5.41, 5.74) is 1.16. The lowest BCUT2D eigenvalue weighted by molar-refractivity contribution is 0.337. The standard InChI is InChI=1S/C16H26N4/c1-10-15(17-3)18-11(2)19-16(10)20(4)9-14-8-12-5-6-13(14)7-12/h12-14H,5-9H2,1-4H3,(H,17,18,19). The lowest BCUT2D eigenvalue weighted by atomic mass is 9.88. The van der Waals surface area contributed by atoms with E-state index in [0.29, 0.717) is 0 Å². The highest BCUT2D eigenvalue weighted by Crippen LogP contribution is 2.48. The Bertz CT molecular complexity index is 499. The number of rotatable bonds is 4. The van der Waals surface area contributed by atoms with Crippen LogP contribution in [0.2, 0.25) is 0 Å². The molecule has 0 amide bonds. The van der Waals surface area contributed by atoms with E-state index in [1.165, 1.54) is 25.7 Å². The first-order chi connectivity index (χ1) is 9.58. The van der Waals surface area contributed by atoms with Gasteiger partial charge in [0.1, 0.15) is 17.5 Å². The normalized spacial score (nSPS) is 27.9. The molecule has 1 N–H and O–H groups in total. The second-order valence-corrected chi connectivity index (χ2v) is 6.63. The van der Waals surface area contributed by atoms with E-state index >= 15 is 0 Å². The van der Waals surface area contributed by atoms with Crippen LogP contribution in [0, 0.1) is 31.6 Å². The maximum absolute atomic E-state index is 4.66. The zero-order chi connectivity index (χ0) is 14.3. The van der Waals surface area contributed by atoms with E-state index in [1.807, 2.05) is 14.0 Å².